The van der Waals surface area contributed by atoms with Gasteiger partial charge in [-0.25, -0.2) is 4.99 Å². The topological polar surface area (TPSA) is 85.1 Å². The van der Waals surface area contributed by atoms with Gasteiger partial charge in [-0.05, 0) is 40.8 Å². The van der Waals surface area contributed by atoms with E-state index in [9.17, 15) is 5.26 Å². The Balaban J connectivity index is 1.77. The van der Waals surface area contributed by atoms with Crippen molar-refractivity contribution in [3.63, 3.8) is 0 Å². The van der Waals surface area contributed by atoms with Crippen LogP contribution in [0.15, 0.2) is 60.0 Å². The Morgan fingerprint density at radius 3 is 2.66 bits per heavy atom. The van der Waals surface area contributed by atoms with Gasteiger partial charge in [0.25, 0.3) is 0 Å². The van der Waals surface area contributed by atoms with Crippen molar-refractivity contribution >= 4 is 11.4 Å². The third kappa shape index (κ3) is 5.90. The fourth-order valence-electron chi connectivity index (χ4n) is 3.03. The van der Waals surface area contributed by atoms with Gasteiger partial charge in [0.05, 0.1) is 11.6 Å². The van der Waals surface area contributed by atoms with Gasteiger partial charge in [0, 0.05) is 43.8 Å². The van der Waals surface area contributed by atoms with E-state index in [0.29, 0.717) is 5.56 Å². The average molecular weight is 389 g/mol. The zero-order valence-corrected chi connectivity index (χ0v) is 17.2. The molecule has 6 nitrogen and oxygen atoms in total. The smallest absolute Gasteiger partial charge is 0.146 e. The van der Waals surface area contributed by atoms with Crippen LogP contribution in [-0.4, -0.2) is 30.5 Å². The van der Waals surface area contributed by atoms with Crippen LogP contribution in [0, 0.1) is 16.7 Å². The highest BCUT2D eigenvalue weighted by Gasteiger charge is 2.19. The van der Waals surface area contributed by atoms with Crippen molar-refractivity contribution in [2.24, 2.45) is 10.4 Å². The van der Waals surface area contributed by atoms with Gasteiger partial charge < -0.3 is 16.0 Å². The number of aliphatic imine (C=N–C) groups is 1. The van der Waals surface area contributed by atoms with Crippen molar-refractivity contribution in [3.05, 3.63) is 71.7 Å². The summed E-state index contributed by atoms with van der Waals surface area (Å²) >= 11 is 0. The van der Waals surface area contributed by atoms with Gasteiger partial charge in [-0.3, -0.25) is 4.98 Å². The molecule has 0 spiro atoms. The van der Waals surface area contributed by atoms with Gasteiger partial charge in [-0.1, -0.05) is 32.9 Å². The molecule has 0 radical (unpaired) electrons. The molecule has 3 N–H and O–H groups in total. The van der Waals surface area contributed by atoms with Gasteiger partial charge >= 0.3 is 0 Å². The van der Waals surface area contributed by atoms with Crippen molar-refractivity contribution in [3.8, 4) is 6.07 Å². The van der Waals surface area contributed by atoms with Crippen LogP contribution >= 0.6 is 0 Å². The lowest BCUT2D eigenvalue weighted by molar-refractivity contribution is 0.381. The molecule has 1 aliphatic heterocycles. The maximum absolute atomic E-state index is 9.24. The number of rotatable bonds is 6. The van der Waals surface area contributed by atoms with Gasteiger partial charge in [0.15, 0.2) is 0 Å². The molecule has 2 heterocycles. The molecule has 1 aromatic carbocycles. The number of benzene rings is 1. The highest BCUT2D eigenvalue weighted by Crippen LogP contribution is 2.24. The lowest BCUT2D eigenvalue weighted by Gasteiger charge is -2.25. The largest absolute Gasteiger partial charge is 0.368 e. The highest BCUT2D eigenvalue weighted by molar-refractivity contribution is 6.23. The van der Waals surface area contributed by atoms with Crippen LogP contribution in [-0.2, 0) is 0 Å². The fraction of sp³-hybridized carbons (Fsp3) is 0.348. The number of nitrogens with zero attached hydrogens (tertiary/aromatic N) is 3. The first-order valence-corrected chi connectivity index (χ1v) is 9.86. The van der Waals surface area contributed by atoms with E-state index < -0.39 is 0 Å². The van der Waals surface area contributed by atoms with Gasteiger partial charge in [-0.2, -0.15) is 5.26 Å². The molecule has 29 heavy (non-hydrogen) atoms. The summed E-state index contributed by atoms with van der Waals surface area (Å²) in [6.45, 7) is 9.20. The summed E-state index contributed by atoms with van der Waals surface area (Å²) in [5.41, 5.74) is 3.83. The third-order valence-electron chi connectivity index (χ3n) is 4.47. The molecule has 0 saturated heterocycles. The monoisotopic (exact) mass is 388 g/mol. The van der Waals surface area contributed by atoms with Crippen molar-refractivity contribution in [1.82, 2.24) is 20.9 Å². The first-order chi connectivity index (χ1) is 14.0. The summed E-state index contributed by atoms with van der Waals surface area (Å²) in [5.74, 6) is 0.818. The van der Waals surface area contributed by atoms with E-state index >= 15 is 0 Å². The normalized spacial score (nSPS) is 16.3. The van der Waals surface area contributed by atoms with E-state index in [-0.39, 0.29) is 11.6 Å². The van der Waals surface area contributed by atoms with E-state index in [2.05, 4.69) is 47.8 Å². The molecule has 0 fully saturated rings. The Morgan fingerprint density at radius 2 is 1.93 bits per heavy atom. The number of hydrogen-bond acceptors (Lipinski definition) is 6. The van der Waals surface area contributed by atoms with Crippen LogP contribution in [0.25, 0.3) is 5.57 Å². The molecule has 0 amide bonds. The lowest BCUT2D eigenvalue weighted by Crippen LogP contribution is -2.37. The minimum Gasteiger partial charge on any atom is -0.368 e. The lowest BCUT2D eigenvalue weighted by atomic mass is 9.97. The Kier molecular flexibility index (Phi) is 6.63. The first-order valence-electron chi connectivity index (χ1n) is 9.86. The number of pyridine rings is 1. The first kappa shape index (κ1) is 20.6. The van der Waals surface area contributed by atoms with Crippen LogP contribution in [0.3, 0.4) is 0 Å². The molecule has 0 saturated carbocycles. The average Bonchev–Trinajstić information content (AvgIpc) is 2.73. The molecule has 150 valence electrons. The fourth-order valence-corrected chi connectivity index (χ4v) is 3.03. The Morgan fingerprint density at radius 1 is 1.14 bits per heavy atom. The summed E-state index contributed by atoms with van der Waals surface area (Å²) in [4.78, 5) is 8.98. The van der Waals surface area contributed by atoms with E-state index in [1.807, 2.05) is 36.5 Å². The number of nitriles is 1. The highest BCUT2D eigenvalue weighted by atomic mass is 15.1. The number of aromatic nitrogens is 1. The summed E-state index contributed by atoms with van der Waals surface area (Å²) in [5, 5.41) is 19.5. The van der Waals surface area contributed by atoms with Crippen LogP contribution in [0.2, 0.25) is 0 Å². The van der Waals surface area contributed by atoms with Crippen molar-refractivity contribution in [2.75, 3.05) is 19.6 Å². The SMILES string of the molecule is CC(C)(C)CNCCNC1=NC(c2ccncc2)NC=C1c1cccc(C#N)c1. The summed E-state index contributed by atoms with van der Waals surface area (Å²) in [6, 6.07) is 13.7. The molecular formula is C23H28N6. The maximum Gasteiger partial charge on any atom is 0.146 e. The number of hydrogen-bond donors (Lipinski definition) is 3. The standard InChI is InChI=1S/C23H28N6/c1-23(2,3)16-26-11-12-27-22-20(19-6-4-5-17(13-19)14-24)15-28-21(29-22)18-7-9-25-10-8-18/h4-10,13,15,21,26,28H,11-12,16H2,1-3H3,(H,27,29). The van der Waals surface area contributed by atoms with Gasteiger partial charge in [0.1, 0.15) is 12.0 Å². The zero-order valence-electron chi connectivity index (χ0n) is 17.2. The Bertz CT molecular complexity index is 918. The molecule has 3 rings (SSSR count). The number of amidine groups is 1. The quantitative estimate of drug-likeness (QED) is 0.662. The summed E-state index contributed by atoms with van der Waals surface area (Å²) < 4.78 is 0. The van der Waals surface area contributed by atoms with Crippen LogP contribution in [0.4, 0.5) is 0 Å². The maximum atomic E-state index is 9.24. The minimum atomic E-state index is -0.175. The molecule has 6 heteroatoms. The van der Waals surface area contributed by atoms with Crippen molar-refractivity contribution in [2.45, 2.75) is 26.9 Å². The van der Waals surface area contributed by atoms with Crippen LogP contribution < -0.4 is 16.0 Å². The van der Waals surface area contributed by atoms with E-state index in [0.717, 1.165) is 42.2 Å². The predicted molar refractivity (Wildman–Crippen MR) is 117 cm³/mol. The molecule has 1 atom stereocenters. The predicted octanol–water partition coefficient (Wildman–Crippen LogP) is 3.22. The van der Waals surface area contributed by atoms with Crippen LogP contribution in [0.5, 0.6) is 0 Å². The van der Waals surface area contributed by atoms with E-state index in [1.165, 1.54) is 0 Å². The molecule has 2 aromatic rings. The molecule has 1 unspecified atom stereocenters. The second-order valence-corrected chi connectivity index (χ2v) is 8.24. The Labute approximate surface area is 172 Å². The second-order valence-electron chi connectivity index (χ2n) is 8.24. The number of nitrogens with one attached hydrogen (secondary N) is 3. The van der Waals surface area contributed by atoms with Crippen LogP contribution in [0.1, 0.15) is 43.6 Å². The molecule has 0 bridgehead atoms. The molecule has 1 aromatic heterocycles. The Hall–Kier alpha value is -3.17. The molecule has 0 aliphatic carbocycles. The molecular weight excluding hydrogens is 360 g/mol. The second kappa shape index (κ2) is 9.35. The van der Waals surface area contributed by atoms with Gasteiger partial charge in [-0.15, -0.1) is 0 Å². The zero-order chi connectivity index (χ0) is 20.7. The van der Waals surface area contributed by atoms with Crippen molar-refractivity contribution in [1.29, 1.82) is 5.26 Å². The minimum absolute atomic E-state index is 0.175. The van der Waals surface area contributed by atoms with Gasteiger partial charge in [0.2, 0.25) is 0 Å². The van der Waals surface area contributed by atoms with E-state index in [1.54, 1.807) is 18.5 Å². The third-order valence-corrected chi connectivity index (χ3v) is 4.47. The van der Waals surface area contributed by atoms with Crippen molar-refractivity contribution < 1.29 is 0 Å². The van der Waals surface area contributed by atoms with E-state index in [4.69, 9.17) is 4.99 Å². The summed E-state index contributed by atoms with van der Waals surface area (Å²) in [6.07, 6.45) is 5.34. The summed E-state index contributed by atoms with van der Waals surface area (Å²) in [7, 11) is 0. The molecule has 1 aliphatic rings.